The SMILES string of the molecule is O=c1c2ccccc2c(-c2ccccc2)nn1-c1ccc([NH+]([O-])O)cc1. The average molecular weight is 345 g/mol. The van der Waals surface area contributed by atoms with Gasteiger partial charge in [-0.25, -0.2) is 5.21 Å². The Balaban J connectivity index is 1.99. The van der Waals surface area contributed by atoms with E-state index < -0.39 is 5.23 Å². The van der Waals surface area contributed by atoms with Crippen molar-refractivity contribution in [3.05, 3.63) is 94.4 Å². The molecule has 0 saturated heterocycles. The predicted octanol–water partition coefficient (Wildman–Crippen LogP) is 2.46. The van der Waals surface area contributed by atoms with Crippen molar-refractivity contribution in [1.29, 1.82) is 0 Å². The molecule has 0 aliphatic heterocycles. The zero-order chi connectivity index (χ0) is 18.1. The Morgan fingerprint density at radius 2 is 1.46 bits per heavy atom. The number of hydrogen-bond acceptors (Lipinski definition) is 4. The molecular weight excluding hydrogens is 330 g/mol. The summed E-state index contributed by atoms with van der Waals surface area (Å²) < 4.78 is 1.32. The van der Waals surface area contributed by atoms with Crippen molar-refractivity contribution >= 4 is 16.5 Å². The van der Waals surface area contributed by atoms with Gasteiger partial charge >= 0.3 is 0 Å². The molecule has 4 rings (SSSR count). The Bertz CT molecular complexity index is 1120. The fourth-order valence-corrected chi connectivity index (χ4v) is 2.92. The number of nitrogens with zero attached hydrogens (tertiary/aromatic N) is 2. The summed E-state index contributed by atoms with van der Waals surface area (Å²) in [6.07, 6.45) is 0. The number of hydrogen-bond donors (Lipinski definition) is 2. The first-order valence-electron chi connectivity index (χ1n) is 8.06. The maximum absolute atomic E-state index is 12.9. The van der Waals surface area contributed by atoms with E-state index in [0.717, 1.165) is 10.9 Å². The quantitative estimate of drug-likeness (QED) is 0.559. The fourth-order valence-electron chi connectivity index (χ4n) is 2.92. The highest BCUT2D eigenvalue weighted by Crippen LogP contribution is 2.25. The van der Waals surface area contributed by atoms with E-state index in [1.807, 2.05) is 48.5 Å². The molecule has 0 spiro atoms. The van der Waals surface area contributed by atoms with Crippen LogP contribution in [0.4, 0.5) is 5.69 Å². The summed E-state index contributed by atoms with van der Waals surface area (Å²) in [4.78, 5) is 12.9. The van der Waals surface area contributed by atoms with Gasteiger partial charge in [0, 0.05) is 23.1 Å². The van der Waals surface area contributed by atoms with E-state index in [1.165, 1.54) is 16.8 Å². The summed E-state index contributed by atoms with van der Waals surface area (Å²) in [6.45, 7) is 0. The second-order valence-electron chi connectivity index (χ2n) is 5.83. The van der Waals surface area contributed by atoms with Crippen LogP contribution in [-0.2, 0) is 0 Å². The third-order valence-electron chi connectivity index (χ3n) is 4.21. The normalized spacial score (nSPS) is 12.2. The van der Waals surface area contributed by atoms with Gasteiger partial charge in [0.25, 0.3) is 5.56 Å². The van der Waals surface area contributed by atoms with Crippen LogP contribution in [0.25, 0.3) is 27.7 Å². The summed E-state index contributed by atoms with van der Waals surface area (Å²) in [5.74, 6) is 0. The van der Waals surface area contributed by atoms with Crippen molar-refractivity contribution in [1.82, 2.24) is 9.78 Å². The number of aromatic nitrogens is 2. The molecule has 6 heteroatoms. The van der Waals surface area contributed by atoms with E-state index in [9.17, 15) is 10.0 Å². The standard InChI is InChI=1S/C20H15N3O3/c24-20-18-9-5-4-8-17(18)19(14-6-2-1-3-7-14)21-22(20)15-10-12-16(13-11-15)23(25)26/h1-13,23,25H. The Morgan fingerprint density at radius 1 is 0.846 bits per heavy atom. The molecule has 0 radical (unpaired) electrons. The Morgan fingerprint density at radius 3 is 2.12 bits per heavy atom. The number of nitrogens with one attached hydrogen (secondary N) is 1. The maximum Gasteiger partial charge on any atom is 0.279 e. The van der Waals surface area contributed by atoms with Gasteiger partial charge in [-0.2, -0.15) is 15.0 Å². The van der Waals surface area contributed by atoms with Crippen LogP contribution >= 0.6 is 0 Å². The highest BCUT2D eigenvalue weighted by atomic mass is 16.8. The lowest BCUT2D eigenvalue weighted by molar-refractivity contribution is -0.991. The van der Waals surface area contributed by atoms with Gasteiger partial charge in [0.1, 0.15) is 0 Å². The van der Waals surface area contributed by atoms with Gasteiger partial charge in [0.05, 0.1) is 16.8 Å². The second-order valence-corrected chi connectivity index (χ2v) is 5.83. The summed E-state index contributed by atoms with van der Waals surface area (Å²) in [5.41, 5.74) is 2.03. The zero-order valence-electron chi connectivity index (χ0n) is 13.7. The highest BCUT2D eigenvalue weighted by Gasteiger charge is 2.13. The summed E-state index contributed by atoms with van der Waals surface area (Å²) in [5, 5.41) is 25.0. The molecule has 128 valence electrons. The first kappa shape index (κ1) is 16.2. The zero-order valence-corrected chi connectivity index (χ0v) is 13.7. The summed E-state index contributed by atoms with van der Waals surface area (Å²) in [7, 11) is 0. The smallest absolute Gasteiger partial charge is 0.279 e. The predicted molar refractivity (Wildman–Crippen MR) is 98.6 cm³/mol. The molecule has 0 saturated carbocycles. The van der Waals surface area contributed by atoms with Crippen LogP contribution in [0.1, 0.15) is 0 Å². The molecule has 1 aromatic heterocycles. The number of rotatable bonds is 3. The van der Waals surface area contributed by atoms with Crippen molar-refractivity contribution in [2.24, 2.45) is 0 Å². The number of quaternary nitrogens is 1. The van der Waals surface area contributed by atoms with E-state index in [0.29, 0.717) is 16.8 Å². The van der Waals surface area contributed by atoms with Crippen molar-refractivity contribution in [3.63, 3.8) is 0 Å². The molecule has 26 heavy (non-hydrogen) atoms. The molecule has 6 nitrogen and oxygen atoms in total. The number of benzene rings is 3. The van der Waals surface area contributed by atoms with Crippen molar-refractivity contribution in [2.75, 3.05) is 0 Å². The van der Waals surface area contributed by atoms with Crippen LogP contribution in [-0.4, -0.2) is 15.0 Å². The third-order valence-corrected chi connectivity index (χ3v) is 4.21. The van der Waals surface area contributed by atoms with Gasteiger partial charge < -0.3 is 5.21 Å². The van der Waals surface area contributed by atoms with Crippen LogP contribution < -0.4 is 10.8 Å². The van der Waals surface area contributed by atoms with Crippen LogP contribution in [0.2, 0.25) is 0 Å². The molecular formula is C20H15N3O3. The molecule has 1 unspecified atom stereocenters. The Kier molecular flexibility index (Phi) is 4.06. The lowest BCUT2D eigenvalue weighted by atomic mass is 10.1. The van der Waals surface area contributed by atoms with Gasteiger partial charge in [-0.05, 0) is 18.2 Å². The third kappa shape index (κ3) is 2.78. The number of fused-ring (bicyclic) bond motifs is 1. The Labute approximate surface area is 148 Å². The molecule has 0 bridgehead atoms. The minimum Gasteiger partial charge on any atom is -0.595 e. The molecule has 1 atom stereocenters. The molecule has 2 N–H and O–H groups in total. The molecule has 0 aliphatic carbocycles. The van der Waals surface area contributed by atoms with Crippen LogP contribution in [0.5, 0.6) is 0 Å². The van der Waals surface area contributed by atoms with E-state index >= 15 is 0 Å². The lowest BCUT2D eigenvalue weighted by Gasteiger charge is -2.13. The van der Waals surface area contributed by atoms with E-state index in [1.54, 1.807) is 18.2 Å². The fraction of sp³-hybridized carbons (Fsp3) is 0. The molecule has 4 aromatic rings. The molecule has 0 fully saturated rings. The van der Waals surface area contributed by atoms with Gasteiger partial charge in [0.2, 0.25) is 0 Å². The van der Waals surface area contributed by atoms with Crippen molar-refractivity contribution in [3.8, 4) is 16.9 Å². The second kappa shape index (κ2) is 6.53. The van der Waals surface area contributed by atoms with Crippen molar-refractivity contribution < 1.29 is 10.4 Å². The van der Waals surface area contributed by atoms with Crippen molar-refractivity contribution in [2.45, 2.75) is 0 Å². The summed E-state index contributed by atoms with van der Waals surface area (Å²) in [6, 6.07) is 23.1. The first-order valence-corrected chi connectivity index (χ1v) is 8.06. The van der Waals surface area contributed by atoms with Gasteiger partial charge in [0.15, 0.2) is 5.69 Å². The largest absolute Gasteiger partial charge is 0.595 e. The van der Waals surface area contributed by atoms with E-state index in [2.05, 4.69) is 5.10 Å². The highest BCUT2D eigenvalue weighted by molar-refractivity contribution is 5.93. The van der Waals surface area contributed by atoms with Crippen LogP contribution in [0.15, 0.2) is 83.7 Å². The summed E-state index contributed by atoms with van der Waals surface area (Å²) >= 11 is 0. The van der Waals surface area contributed by atoms with Gasteiger partial charge in [-0.3, -0.25) is 4.79 Å². The van der Waals surface area contributed by atoms with Crippen LogP contribution in [0.3, 0.4) is 0 Å². The minimum absolute atomic E-state index is 0.158. The molecule has 0 amide bonds. The van der Waals surface area contributed by atoms with E-state index in [-0.39, 0.29) is 11.2 Å². The monoisotopic (exact) mass is 345 g/mol. The topological polar surface area (TPSA) is 82.6 Å². The van der Waals surface area contributed by atoms with Crippen LogP contribution in [0, 0.1) is 5.21 Å². The van der Waals surface area contributed by atoms with Gasteiger partial charge in [-0.1, -0.05) is 48.5 Å². The maximum atomic E-state index is 12.9. The molecule has 3 aromatic carbocycles. The molecule has 1 heterocycles. The van der Waals surface area contributed by atoms with E-state index in [4.69, 9.17) is 5.21 Å². The average Bonchev–Trinajstić information content (AvgIpc) is 2.69. The minimum atomic E-state index is -1.01. The lowest BCUT2D eigenvalue weighted by Crippen LogP contribution is -2.99. The molecule has 0 aliphatic rings. The Hall–Kier alpha value is -3.32. The first-order chi connectivity index (χ1) is 12.6. The van der Waals surface area contributed by atoms with Gasteiger partial charge in [-0.15, -0.1) is 0 Å².